The Balaban J connectivity index is 2.04. The van der Waals surface area contributed by atoms with Crippen LogP contribution in [0.3, 0.4) is 0 Å². The molecule has 24 heavy (non-hydrogen) atoms. The second-order valence-electron chi connectivity index (χ2n) is 5.08. The van der Waals surface area contributed by atoms with Crippen LogP contribution in [0.5, 0.6) is 0 Å². The Kier molecular flexibility index (Phi) is 4.23. The molecular weight excluding hydrogens is 343 g/mol. The fourth-order valence-corrected chi connectivity index (χ4v) is 2.17. The zero-order chi connectivity index (χ0) is 17.3. The van der Waals surface area contributed by atoms with Crippen molar-refractivity contribution >= 4 is 11.6 Å². The van der Waals surface area contributed by atoms with Crippen molar-refractivity contribution < 1.29 is 13.2 Å². The Morgan fingerprint density at radius 3 is 2.38 bits per heavy atom. The normalized spacial score (nSPS) is 11.7. The topological polar surface area (TPSA) is 56.5 Å². The van der Waals surface area contributed by atoms with Crippen LogP contribution in [0.25, 0.3) is 11.4 Å². The van der Waals surface area contributed by atoms with Crippen LogP contribution >= 0.6 is 11.6 Å². The quantitative estimate of drug-likeness (QED) is 0.719. The smallest absolute Gasteiger partial charge is 0.323 e. The highest BCUT2D eigenvalue weighted by Crippen LogP contribution is 2.31. The Bertz CT molecular complexity index is 841. The van der Waals surface area contributed by atoms with Gasteiger partial charge in [0.15, 0.2) is 5.69 Å². The molecule has 0 radical (unpaired) electrons. The van der Waals surface area contributed by atoms with Crippen molar-refractivity contribution in [3.05, 3.63) is 59.2 Å². The summed E-state index contributed by atoms with van der Waals surface area (Å²) in [6.45, 7) is 1.82. The summed E-state index contributed by atoms with van der Waals surface area (Å²) < 4.78 is 40.4. The predicted molar refractivity (Wildman–Crippen MR) is 81.3 cm³/mol. The molecule has 0 spiro atoms. The number of rotatable bonds is 3. The number of imidazole rings is 1. The van der Waals surface area contributed by atoms with Crippen molar-refractivity contribution in [2.45, 2.75) is 19.6 Å². The summed E-state index contributed by atoms with van der Waals surface area (Å²) in [7, 11) is 0. The van der Waals surface area contributed by atoms with E-state index in [4.69, 9.17) is 11.6 Å². The van der Waals surface area contributed by atoms with Gasteiger partial charge >= 0.3 is 6.18 Å². The Hall–Kier alpha value is -2.48. The van der Waals surface area contributed by atoms with Crippen LogP contribution < -0.4 is 0 Å². The maximum Gasteiger partial charge on any atom is 0.434 e. The molecule has 0 aliphatic rings. The first kappa shape index (κ1) is 16.4. The summed E-state index contributed by atoms with van der Waals surface area (Å²) >= 11 is 5.72. The lowest BCUT2D eigenvalue weighted by Crippen LogP contribution is -2.06. The summed E-state index contributed by atoms with van der Waals surface area (Å²) in [4.78, 5) is 15.8. The molecule has 0 bridgehead atoms. The maximum atomic E-state index is 13.0. The second-order valence-corrected chi connectivity index (χ2v) is 5.52. The SMILES string of the molecule is Cc1ccc(-c2nc(C(F)(F)F)cn2Cc2ncc(Cl)cn2)cn1. The number of pyridine rings is 1. The van der Waals surface area contributed by atoms with Gasteiger partial charge in [0.05, 0.1) is 11.6 Å². The number of aromatic nitrogens is 5. The molecule has 0 aliphatic heterocycles. The first-order chi connectivity index (χ1) is 11.3. The fourth-order valence-electron chi connectivity index (χ4n) is 2.08. The summed E-state index contributed by atoms with van der Waals surface area (Å²) in [6.07, 6.45) is 0.653. The molecule has 0 aromatic carbocycles. The lowest BCUT2D eigenvalue weighted by molar-refractivity contribution is -0.140. The largest absolute Gasteiger partial charge is 0.434 e. The van der Waals surface area contributed by atoms with E-state index < -0.39 is 11.9 Å². The molecule has 9 heteroatoms. The number of aryl methyl sites for hydroxylation is 1. The van der Waals surface area contributed by atoms with Crippen molar-refractivity contribution in [2.24, 2.45) is 0 Å². The maximum absolute atomic E-state index is 13.0. The van der Waals surface area contributed by atoms with Crippen LogP contribution in [0.1, 0.15) is 17.2 Å². The fraction of sp³-hybridized carbons (Fsp3) is 0.200. The molecule has 0 amide bonds. The summed E-state index contributed by atoms with van der Waals surface area (Å²) in [5.74, 6) is 0.472. The van der Waals surface area contributed by atoms with Crippen LogP contribution in [0.4, 0.5) is 13.2 Å². The van der Waals surface area contributed by atoms with Crippen molar-refractivity contribution in [3.8, 4) is 11.4 Å². The molecule has 3 aromatic rings. The molecule has 0 saturated carbocycles. The van der Waals surface area contributed by atoms with Crippen LogP contribution in [-0.4, -0.2) is 24.5 Å². The molecular formula is C15H11ClF3N5. The van der Waals surface area contributed by atoms with E-state index in [2.05, 4.69) is 19.9 Å². The number of alkyl halides is 3. The number of hydrogen-bond acceptors (Lipinski definition) is 4. The highest BCUT2D eigenvalue weighted by molar-refractivity contribution is 6.30. The first-order valence-corrected chi connectivity index (χ1v) is 7.24. The van der Waals surface area contributed by atoms with Crippen LogP contribution in [-0.2, 0) is 12.7 Å². The summed E-state index contributed by atoms with van der Waals surface area (Å²) in [5, 5.41) is 0.350. The lowest BCUT2D eigenvalue weighted by atomic mass is 10.2. The van der Waals surface area contributed by atoms with E-state index in [0.717, 1.165) is 11.9 Å². The van der Waals surface area contributed by atoms with Gasteiger partial charge in [-0.3, -0.25) is 4.98 Å². The molecule has 0 saturated heterocycles. The Labute approximate surface area is 140 Å². The third kappa shape index (κ3) is 3.53. The standard InChI is InChI=1S/C15H11ClF3N5/c1-9-2-3-10(4-20-9)14-23-12(15(17,18)19)7-24(14)8-13-21-5-11(16)6-22-13/h2-7H,8H2,1H3. The monoisotopic (exact) mass is 353 g/mol. The number of hydrogen-bond donors (Lipinski definition) is 0. The van der Waals surface area contributed by atoms with Gasteiger partial charge in [-0.25, -0.2) is 15.0 Å². The van der Waals surface area contributed by atoms with E-state index in [-0.39, 0.29) is 12.4 Å². The van der Waals surface area contributed by atoms with E-state index in [1.165, 1.54) is 23.2 Å². The first-order valence-electron chi connectivity index (χ1n) is 6.87. The highest BCUT2D eigenvalue weighted by Gasteiger charge is 2.35. The van der Waals surface area contributed by atoms with Crippen molar-refractivity contribution in [2.75, 3.05) is 0 Å². The molecule has 3 aromatic heterocycles. The summed E-state index contributed by atoms with van der Waals surface area (Å²) in [5.41, 5.74) is 0.256. The second kappa shape index (κ2) is 6.20. The molecule has 0 atom stereocenters. The number of nitrogens with zero attached hydrogens (tertiary/aromatic N) is 5. The average Bonchev–Trinajstić information content (AvgIpc) is 2.94. The Morgan fingerprint density at radius 2 is 1.79 bits per heavy atom. The third-order valence-electron chi connectivity index (χ3n) is 3.22. The van der Waals surface area contributed by atoms with Gasteiger partial charge in [0, 0.05) is 36.0 Å². The van der Waals surface area contributed by atoms with E-state index in [0.29, 0.717) is 16.4 Å². The van der Waals surface area contributed by atoms with Crippen molar-refractivity contribution in [1.82, 2.24) is 24.5 Å². The van der Waals surface area contributed by atoms with Crippen LogP contribution in [0, 0.1) is 6.92 Å². The molecule has 0 N–H and O–H groups in total. The lowest BCUT2D eigenvalue weighted by Gasteiger charge is -2.07. The van der Waals surface area contributed by atoms with Gasteiger partial charge in [-0.1, -0.05) is 11.6 Å². The molecule has 3 heterocycles. The average molecular weight is 354 g/mol. The van der Waals surface area contributed by atoms with Crippen LogP contribution in [0.2, 0.25) is 5.02 Å². The van der Waals surface area contributed by atoms with Gasteiger partial charge in [-0.2, -0.15) is 13.2 Å². The van der Waals surface area contributed by atoms with E-state index >= 15 is 0 Å². The van der Waals surface area contributed by atoms with Gasteiger partial charge in [-0.15, -0.1) is 0 Å². The van der Waals surface area contributed by atoms with Crippen molar-refractivity contribution in [3.63, 3.8) is 0 Å². The third-order valence-corrected chi connectivity index (χ3v) is 3.42. The molecule has 0 unspecified atom stereocenters. The van der Waals surface area contributed by atoms with Crippen LogP contribution in [0.15, 0.2) is 36.9 Å². The predicted octanol–water partition coefficient (Wildman–Crippen LogP) is 3.76. The molecule has 5 nitrogen and oxygen atoms in total. The van der Waals surface area contributed by atoms with Gasteiger partial charge in [0.1, 0.15) is 11.6 Å². The van der Waals surface area contributed by atoms with Gasteiger partial charge in [-0.05, 0) is 19.1 Å². The van der Waals surface area contributed by atoms with E-state index in [9.17, 15) is 13.2 Å². The van der Waals surface area contributed by atoms with E-state index in [1.807, 2.05) is 0 Å². The van der Waals surface area contributed by atoms with Gasteiger partial charge in [0.2, 0.25) is 0 Å². The van der Waals surface area contributed by atoms with Gasteiger partial charge in [0.25, 0.3) is 0 Å². The number of halogens is 4. The van der Waals surface area contributed by atoms with Gasteiger partial charge < -0.3 is 4.57 Å². The zero-order valence-electron chi connectivity index (χ0n) is 12.4. The molecule has 0 fully saturated rings. The summed E-state index contributed by atoms with van der Waals surface area (Å²) in [6, 6.07) is 3.38. The molecule has 124 valence electrons. The minimum absolute atomic E-state index is 0.0312. The minimum atomic E-state index is -4.54. The highest BCUT2D eigenvalue weighted by atomic mass is 35.5. The van der Waals surface area contributed by atoms with E-state index in [1.54, 1.807) is 19.1 Å². The molecule has 3 rings (SSSR count). The molecule has 0 aliphatic carbocycles. The zero-order valence-corrected chi connectivity index (χ0v) is 13.2. The van der Waals surface area contributed by atoms with Crippen molar-refractivity contribution in [1.29, 1.82) is 0 Å². The minimum Gasteiger partial charge on any atom is -0.323 e. The Morgan fingerprint density at radius 1 is 1.08 bits per heavy atom.